The van der Waals surface area contributed by atoms with Crippen LogP contribution in [0.15, 0.2) is 97.2 Å². The van der Waals surface area contributed by atoms with Crippen molar-refractivity contribution in [3.8, 4) is 0 Å². The zero-order valence-electron chi connectivity index (χ0n) is 37.8. The first-order valence-corrected chi connectivity index (χ1v) is 24.5. The molecular weight excluding hydrogens is 827 g/mol. The van der Waals surface area contributed by atoms with Gasteiger partial charge in [-0.15, -0.1) is 0 Å². The number of esters is 2. The maximum Gasteiger partial charge on any atom is 0.472 e. The second-order valence-electron chi connectivity index (χ2n) is 15.5. The Labute approximate surface area is 377 Å². The first-order valence-electron chi connectivity index (χ1n) is 23.0. The number of phosphoric ester groups is 1. The maximum atomic E-state index is 12.8. The van der Waals surface area contributed by atoms with E-state index >= 15 is 0 Å². The highest BCUT2D eigenvalue weighted by Crippen LogP contribution is 2.47. The lowest BCUT2D eigenvalue weighted by Crippen LogP contribution is -2.64. The summed E-state index contributed by atoms with van der Waals surface area (Å²) in [6.07, 6.45) is 37.7. The molecule has 0 amide bonds. The molecule has 358 valence electrons. The van der Waals surface area contributed by atoms with Gasteiger partial charge < -0.3 is 39.9 Å². The average molecular weight is 907 g/mol. The maximum absolute atomic E-state index is 12.8. The molecule has 0 saturated heterocycles. The molecule has 63 heavy (non-hydrogen) atoms. The summed E-state index contributed by atoms with van der Waals surface area (Å²) in [5, 5.41) is 50.1. The predicted octanol–water partition coefficient (Wildman–Crippen LogP) is 9.05. The largest absolute Gasteiger partial charge is 0.472 e. The van der Waals surface area contributed by atoms with Crippen LogP contribution in [-0.4, -0.2) is 98.3 Å². The highest BCUT2D eigenvalue weighted by Gasteiger charge is 2.51. The highest BCUT2D eigenvalue weighted by molar-refractivity contribution is 7.47. The molecule has 0 aromatic heterocycles. The van der Waals surface area contributed by atoms with Crippen LogP contribution >= 0.6 is 7.82 Å². The summed E-state index contributed by atoms with van der Waals surface area (Å²) in [6.45, 7) is 3.12. The number of allylic oxidation sites excluding steroid dienone is 16. The van der Waals surface area contributed by atoms with Gasteiger partial charge in [0.1, 0.15) is 43.2 Å². The first kappa shape index (κ1) is 57.8. The molecule has 0 aliphatic heterocycles. The summed E-state index contributed by atoms with van der Waals surface area (Å²) in [6, 6.07) is 0. The van der Waals surface area contributed by atoms with Crippen LogP contribution in [0.25, 0.3) is 0 Å². The molecule has 6 N–H and O–H groups in total. The molecule has 0 radical (unpaired) electrons. The number of ether oxygens (including phenoxy) is 2. The van der Waals surface area contributed by atoms with Crippen LogP contribution in [0.2, 0.25) is 0 Å². The van der Waals surface area contributed by atoms with Crippen molar-refractivity contribution in [2.45, 2.75) is 185 Å². The van der Waals surface area contributed by atoms with Crippen LogP contribution in [0, 0.1) is 0 Å². The van der Waals surface area contributed by atoms with Gasteiger partial charge in [0.25, 0.3) is 0 Å². The summed E-state index contributed by atoms with van der Waals surface area (Å²) in [4.78, 5) is 35.6. The molecule has 1 aliphatic carbocycles. The fourth-order valence-electron chi connectivity index (χ4n) is 6.18. The minimum atomic E-state index is -5.16. The molecule has 1 aliphatic rings. The smallest absolute Gasteiger partial charge is 0.462 e. The van der Waals surface area contributed by atoms with Gasteiger partial charge in [-0.25, -0.2) is 4.57 Å². The molecule has 13 nitrogen and oxygen atoms in total. The topological polar surface area (TPSA) is 210 Å². The van der Waals surface area contributed by atoms with Gasteiger partial charge in [-0.05, 0) is 77.0 Å². The van der Waals surface area contributed by atoms with E-state index in [2.05, 4.69) is 74.6 Å². The number of carbonyl (C=O) groups excluding carboxylic acids is 2. The van der Waals surface area contributed by atoms with Gasteiger partial charge in [0, 0.05) is 12.8 Å². The van der Waals surface area contributed by atoms with Crippen molar-refractivity contribution in [3.05, 3.63) is 97.2 Å². The van der Waals surface area contributed by atoms with Gasteiger partial charge in [0.2, 0.25) is 0 Å². The quantitative estimate of drug-likeness (QED) is 0.0150. The Kier molecular flexibility index (Phi) is 34.9. The molecule has 6 atom stereocenters. The Morgan fingerprint density at radius 3 is 1.27 bits per heavy atom. The number of hydrogen-bond donors (Lipinski definition) is 6. The Balaban J connectivity index is 2.58. The van der Waals surface area contributed by atoms with Crippen molar-refractivity contribution in [1.82, 2.24) is 0 Å². The van der Waals surface area contributed by atoms with Gasteiger partial charge >= 0.3 is 19.8 Å². The van der Waals surface area contributed by atoms with E-state index in [9.17, 15) is 44.6 Å². The zero-order valence-corrected chi connectivity index (χ0v) is 38.7. The summed E-state index contributed by atoms with van der Waals surface area (Å²) < 4.78 is 33.3. The molecule has 0 aromatic carbocycles. The highest BCUT2D eigenvalue weighted by atomic mass is 31.2. The van der Waals surface area contributed by atoms with Crippen molar-refractivity contribution in [2.75, 3.05) is 13.2 Å². The van der Waals surface area contributed by atoms with Crippen LogP contribution in [0.3, 0.4) is 0 Å². The lowest BCUT2D eigenvalue weighted by molar-refractivity contribution is -0.220. The Bertz CT molecular complexity index is 1470. The van der Waals surface area contributed by atoms with Crippen LogP contribution in [0.5, 0.6) is 0 Å². The van der Waals surface area contributed by atoms with Gasteiger partial charge in [-0.1, -0.05) is 150 Å². The molecule has 6 unspecified atom stereocenters. The normalized spacial score (nSPS) is 22.6. The standard InChI is InChI=1S/C49H79O13P/c1-3-5-7-9-11-13-15-17-19-21-23-25-27-29-31-33-35-37-42(50)59-39-41(40-60-63(57,58)62-49-47(55)45(53)44(52)46(54)48(49)56)61-43(51)38-36-34-32-30-28-26-24-22-20-18-16-14-12-10-8-6-4-2/h13-16,19-22,25-28,31-34,41,44-49,52-56H,3-12,17-18,23-24,29-30,35-40H2,1-2H3,(H,57,58). The lowest BCUT2D eigenvalue weighted by Gasteiger charge is -2.41. The van der Waals surface area contributed by atoms with Crippen molar-refractivity contribution in [3.63, 3.8) is 0 Å². The number of unbranched alkanes of at least 4 members (excludes halogenated alkanes) is 8. The first-order chi connectivity index (χ1) is 30.4. The molecule has 1 saturated carbocycles. The van der Waals surface area contributed by atoms with E-state index in [-0.39, 0.29) is 12.8 Å². The van der Waals surface area contributed by atoms with Crippen molar-refractivity contribution >= 4 is 19.8 Å². The van der Waals surface area contributed by atoms with Crippen molar-refractivity contribution in [1.29, 1.82) is 0 Å². The number of rotatable bonds is 36. The fourth-order valence-corrected chi connectivity index (χ4v) is 7.15. The monoisotopic (exact) mass is 907 g/mol. The minimum absolute atomic E-state index is 0.0261. The Morgan fingerprint density at radius 2 is 0.857 bits per heavy atom. The third kappa shape index (κ3) is 30.5. The van der Waals surface area contributed by atoms with Crippen LogP contribution in [-0.2, 0) is 32.7 Å². The van der Waals surface area contributed by atoms with Gasteiger partial charge in [0.05, 0.1) is 6.61 Å². The van der Waals surface area contributed by atoms with E-state index < -0.39 is 75.7 Å². The summed E-state index contributed by atoms with van der Waals surface area (Å²) in [7, 11) is -5.16. The van der Waals surface area contributed by atoms with E-state index in [1.807, 2.05) is 36.5 Å². The fraction of sp³-hybridized carbons (Fsp3) is 0.633. The Morgan fingerprint density at radius 1 is 0.492 bits per heavy atom. The van der Waals surface area contributed by atoms with Gasteiger partial charge in [-0.2, -0.15) is 0 Å². The lowest BCUT2D eigenvalue weighted by atomic mass is 9.85. The number of phosphoric acid groups is 1. The molecule has 1 fully saturated rings. The van der Waals surface area contributed by atoms with E-state index in [4.69, 9.17) is 18.5 Å². The molecular formula is C49H79O13P. The number of hydrogen-bond acceptors (Lipinski definition) is 12. The number of carbonyl (C=O) groups is 2. The van der Waals surface area contributed by atoms with E-state index in [1.165, 1.54) is 51.4 Å². The summed E-state index contributed by atoms with van der Waals surface area (Å²) in [5.41, 5.74) is 0. The number of aliphatic hydroxyl groups excluding tert-OH is 5. The predicted molar refractivity (Wildman–Crippen MR) is 248 cm³/mol. The second-order valence-corrected chi connectivity index (χ2v) is 16.9. The Hall–Kier alpha value is -3.23. The van der Waals surface area contributed by atoms with Crippen LogP contribution < -0.4 is 0 Å². The molecule has 0 bridgehead atoms. The van der Waals surface area contributed by atoms with Gasteiger partial charge in [-0.3, -0.25) is 18.6 Å². The van der Waals surface area contributed by atoms with E-state index in [0.717, 1.165) is 38.5 Å². The molecule has 0 spiro atoms. The van der Waals surface area contributed by atoms with Crippen LogP contribution in [0.1, 0.15) is 142 Å². The number of aliphatic hydroxyl groups is 5. The van der Waals surface area contributed by atoms with Crippen LogP contribution in [0.4, 0.5) is 0 Å². The molecule has 1 rings (SSSR count). The molecule has 0 aromatic rings. The van der Waals surface area contributed by atoms with Crippen molar-refractivity contribution in [2.24, 2.45) is 0 Å². The zero-order chi connectivity index (χ0) is 46.4. The van der Waals surface area contributed by atoms with E-state index in [1.54, 1.807) is 0 Å². The molecule has 14 heteroatoms. The van der Waals surface area contributed by atoms with E-state index in [0.29, 0.717) is 25.7 Å². The summed E-state index contributed by atoms with van der Waals surface area (Å²) in [5.74, 6) is -1.30. The second kappa shape index (κ2) is 38.1. The van der Waals surface area contributed by atoms with Crippen molar-refractivity contribution < 1.29 is 63.1 Å². The SMILES string of the molecule is CCCCCCC=CCC=CCC=CCC=CCCC(=O)OCC(COP(=O)(O)OC1C(O)C(O)C(O)C(O)C1O)OC(=O)CCC=CCC=CCC=CCC=CCCCCCC. The minimum Gasteiger partial charge on any atom is -0.462 e. The average Bonchev–Trinajstić information content (AvgIpc) is 3.26. The third-order valence-corrected chi connectivity index (χ3v) is 10.9. The van der Waals surface area contributed by atoms with Gasteiger partial charge in [0.15, 0.2) is 6.10 Å². The molecule has 0 heterocycles. The third-order valence-electron chi connectivity index (χ3n) is 9.92. The summed E-state index contributed by atoms with van der Waals surface area (Å²) >= 11 is 0.